The van der Waals surface area contributed by atoms with Crippen molar-refractivity contribution < 1.29 is 4.21 Å². The van der Waals surface area contributed by atoms with E-state index in [0.29, 0.717) is 5.92 Å². The highest BCUT2D eigenvalue weighted by Crippen LogP contribution is 2.39. The molecule has 0 amide bonds. The summed E-state index contributed by atoms with van der Waals surface area (Å²) in [5, 5.41) is 6.71. The largest absolute Gasteiger partial charge is 0.373 e. The lowest BCUT2D eigenvalue weighted by Gasteiger charge is -2.14. The fraction of sp³-hybridized carbons (Fsp3) is 0.714. The molecule has 0 aliphatic heterocycles. The average Bonchev–Trinajstić information content (AvgIpc) is 3.24. The predicted octanol–water partition coefficient (Wildman–Crippen LogP) is 2.27. The van der Waals surface area contributed by atoms with E-state index >= 15 is 0 Å². The Labute approximate surface area is 123 Å². The highest BCUT2D eigenvalue weighted by atomic mass is 32.2. The average molecular weight is 296 g/mol. The molecule has 1 fully saturated rings. The molecule has 1 heterocycles. The second kappa shape index (κ2) is 6.52. The van der Waals surface area contributed by atoms with Gasteiger partial charge in [0, 0.05) is 47.4 Å². The number of aromatic nitrogens is 2. The molecule has 1 aliphatic rings. The molecular weight excluding hydrogens is 272 g/mol. The van der Waals surface area contributed by atoms with E-state index in [2.05, 4.69) is 20.6 Å². The second-order valence-electron chi connectivity index (χ2n) is 5.45. The van der Waals surface area contributed by atoms with E-state index in [1.54, 1.807) is 6.26 Å². The molecule has 112 valence electrons. The van der Waals surface area contributed by atoms with Crippen LogP contribution in [0.5, 0.6) is 0 Å². The maximum absolute atomic E-state index is 11.4. The molecule has 6 heteroatoms. The normalized spacial score (nSPS) is 17.6. The van der Waals surface area contributed by atoms with Gasteiger partial charge in [-0.25, -0.2) is 9.97 Å². The van der Waals surface area contributed by atoms with E-state index in [1.807, 2.05) is 20.9 Å². The van der Waals surface area contributed by atoms with E-state index < -0.39 is 10.8 Å². The summed E-state index contributed by atoms with van der Waals surface area (Å²) in [7, 11) is 1.12. The summed E-state index contributed by atoms with van der Waals surface area (Å²) < 4.78 is 11.4. The first-order chi connectivity index (χ1) is 9.52. The Morgan fingerprint density at radius 2 is 2.00 bits per heavy atom. The van der Waals surface area contributed by atoms with Gasteiger partial charge in [0.1, 0.15) is 17.5 Å². The minimum Gasteiger partial charge on any atom is -0.373 e. The van der Waals surface area contributed by atoms with Crippen molar-refractivity contribution in [3.05, 3.63) is 11.4 Å². The third-order valence-electron chi connectivity index (χ3n) is 3.75. The molecule has 1 aromatic heterocycles. The summed E-state index contributed by atoms with van der Waals surface area (Å²) in [5.41, 5.74) is 1.04. The van der Waals surface area contributed by atoms with Crippen LogP contribution < -0.4 is 10.6 Å². The topological polar surface area (TPSA) is 66.9 Å². The Bertz CT molecular complexity index is 502. The van der Waals surface area contributed by atoms with E-state index in [4.69, 9.17) is 0 Å². The third kappa shape index (κ3) is 3.69. The third-order valence-corrected chi connectivity index (χ3v) is 5.12. The van der Waals surface area contributed by atoms with Gasteiger partial charge in [0.2, 0.25) is 0 Å². The van der Waals surface area contributed by atoms with Gasteiger partial charge in [0.25, 0.3) is 0 Å². The number of hydrogen-bond acceptors (Lipinski definition) is 5. The molecule has 2 unspecified atom stereocenters. The molecule has 2 rings (SSSR count). The standard InChI is InChI=1S/C14H24N4OS/c1-9(20(4)19)7-8-16-13-10(2)12(15-3)17-14(18-13)11-5-6-11/h9,11H,5-8H2,1-4H3,(H2,15,16,17,18). The van der Waals surface area contributed by atoms with Crippen molar-refractivity contribution in [2.45, 2.75) is 44.3 Å². The molecule has 0 bridgehead atoms. The van der Waals surface area contributed by atoms with E-state index in [1.165, 1.54) is 12.8 Å². The molecule has 0 radical (unpaired) electrons. The van der Waals surface area contributed by atoms with Crippen LogP contribution in [0.3, 0.4) is 0 Å². The van der Waals surface area contributed by atoms with Gasteiger partial charge < -0.3 is 10.6 Å². The molecule has 5 nitrogen and oxygen atoms in total. The summed E-state index contributed by atoms with van der Waals surface area (Å²) in [6.45, 7) is 4.82. The predicted molar refractivity (Wildman–Crippen MR) is 84.9 cm³/mol. The summed E-state index contributed by atoms with van der Waals surface area (Å²) in [6.07, 6.45) is 5.01. The fourth-order valence-electron chi connectivity index (χ4n) is 2.03. The molecule has 0 aromatic carbocycles. The zero-order chi connectivity index (χ0) is 14.7. The van der Waals surface area contributed by atoms with Gasteiger partial charge in [-0.1, -0.05) is 6.92 Å². The Kier molecular flexibility index (Phi) is 4.96. The van der Waals surface area contributed by atoms with Crippen molar-refractivity contribution in [2.24, 2.45) is 0 Å². The zero-order valence-corrected chi connectivity index (χ0v) is 13.5. The van der Waals surface area contributed by atoms with Crippen molar-refractivity contribution in [1.82, 2.24) is 9.97 Å². The molecule has 2 atom stereocenters. The number of rotatable bonds is 7. The van der Waals surface area contributed by atoms with Gasteiger partial charge in [-0.15, -0.1) is 0 Å². The van der Waals surface area contributed by atoms with E-state index in [0.717, 1.165) is 36.0 Å². The number of nitrogens with one attached hydrogen (secondary N) is 2. The lowest BCUT2D eigenvalue weighted by Crippen LogP contribution is -2.16. The SMILES string of the molecule is CNc1nc(C2CC2)nc(NCCC(C)S(C)=O)c1C. The fourth-order valence-corrected chi connectivity index (χ4v) is 2.48. The van der Waals surface area contributed by atoms with E-state index in [9.17, 15) is 4.21 Å². The van der Waals surface area contributed by atoms with Crippen molar-refractivity contribution in [3.8, 4) is 0 Å². The van der Waals surface area contributed by atoms with Crippen LogP contribution in [-0.4, -0.2) is 39.3 Å². The molecule has 20 heavy (non-hydrogen) atoms. The Balaban J connectivity index is 2.06. The van der Waals surface area contributed by atoms with Crippen LogP contribution in [0.2, 0.25) is 0 Å². The minimum absolute atomic E-state index is 0.205. The Morgan fingerprint density at radius 3 is 2.55 bits per heavy atom. The first-order valence-electron chi connectivity index (χ1n) is 7.15. The van der Waals surface area contributed by atoms with Gasteiger partial charge in [-0.2, -0.15) is 0 Å². The maximum Gasteiger partial charge on any atom is 0.136 e. The van der Waals surface area contributed by atoms with Gasteiger partial charge >= 0.3 is 0 Å². The van der Waals surface area contributed by atoms with Crippen LogP contribution in [0.1, 0.15) is 43.5 Å². The van der Waals surface area contributed by atoms with Gasteiger partial charge in [-0.3, -0.25) is 4.21 Å². The van der Waals surface area contributed by atoms with Crippen LogP contribution in [0.25, 0.3) is 0 Å². The van der Waals surface area contributed by atoms with Crippen molar-refractivity contribution in [1.29, 1.82) is 0 Å². The smallest absolute Gasteiger partial charge is 0.136 e. The monoisotopic (exact) mass is 296 g/mol. The molecule has 1 saturated carbocycles. The number of hydrogen-bond donors (Lipinski definition) is 2. The summed E-state index contributed by atoms with van der Waals surface area (Å²) >= 11 is 0. The molecule has 0 saturated heterocycles. The highest BCUT2D eigenvalue weighted by Gasteiger charge is 2.28. The van der Waals surface area contributed by atoms with Crippen LogP contribution in [0, 0.1) is 6.92 Å². The Morgan fingerprint density at radius 1 is 1.35 bits per heavy atom. The lowest BCUT2D eigenvalue weighted by molar-refractivity contribution is 0.672. The van der Waals surface area contributed by atoms with Crippen LogP contribution in [0.4, 0.5) is 11.6 Å². The van der Waals surface area contributed by atoms with Gasteiger partial charge in [0.05, 0.1) is 0 Å². The highest BCUT2D eigenvalue weighted by molar-refractivity contribution is 7.84. The van der Waals surface area contributed by atoms with Crippen LogP contribution in [-0.2, 0) is 10.8 Å². The lowest BCUT2D eigenvalue weighted by atomic mass is 10.2. The minimum atomic E-state index is -0.766. The van der Waals surface area contributed by atoms with Gasteiger partial charge in [0.15, 0.2) is 0 Å². The second-order valence-corrected chi connectivity index (χ2v) is 7.25. The van der Waals surface area contributed by atoms with Crippen LogP contribution >= 0.6 is 0 Å². The maximum atomic E-state index is 11.4. The van der Waals surface area contributed by atoms with Crippen molar-refractivity contribution in [2.75, 3.05) is 30.5 Å². The van der Waals surface area contributed by atoms with Gasteiger partial charge in [-0.05, 0) is 26.2 Å². The molecule has 0 spiro atoms. The number of nitrogens with zero attached hydrogens (tertiary/aromatic N) is 2. The molecular formula is C14H24N4OS. The van der Waals surface area contributed by atoms with Crippen molar-refractivity contribution >= 4 is 22.4 Å². The number of anilines is 2. The first-order valence-corrected chi connectivity index (χ1v) is 8.77. The molecule has 2 N–H and O–H groups in total. The first kappa shape index (κ1) is 15.2. The molecule has 1 aromatic rings. The summed E-state index contributed by atoms with van der Waals surface area (Å²) in [6, 6.07) is 0. The Hall–Kier alpha value is -1.17. The summed E-state index contributed by atoms with van der Waals surface area (Å²) in [4.78, 5) is 9.22. The summed E-state index contributed by atoms with van der Waals surface area (Å²) in [5.74, 6) is 3.27. The zero-order valence-electron chi connectivity index (χ0n) is 12.7. The van der Waals surface area contributed by atoms with E-state index in [-0.39, 0.29) is 5.25 Å². The quantitative estimate of drug-likeness (QED) is 0.808. The molecule has 1 aliphatic carbocycles. The van der Waals surface area contributed by atoms with Crippen molar-refractivity contribution in [3.63, 3.8) is 0 Å². The van der Waals surface area contributed by atoms with Crippen LogP contribution in [0.15, 0.2) is 0 Å².